The number of hydrogen-bond donors (Lipinski definition) is 1. The first-order valence-corrected chi connectivity index (χ1v) is 8.02. The molecule has 0 aromatic carbocycles. The second-order valence-electron chi connectivity index (χ2n) is 5.86. The quantitative estimate of drug-likeness (QED) is 0.888. The van der Waals surface area contributed by atoms with Crippen LogP contribution in [-0.4, -0.2) is 47.3 Å². The zero-order valence-corrected chi connectivity index (χ0v) is 15.1. The maximum Gasteiger partial charge on any atom is 0.244 e. The number of amides is 1. The number of piperidine rings is 1. The minimum Gasteiger partial charge on any atom is -0.341 e. The fourth-order valence-corrected chi connectivity index (χ4v) is 3.01. The van der Waals surface area contributed by atoms with E-state index >= 15 is 0 Å². The number of hydrogen-bond acceptors (Lipinski definition) is 3. The van der Waals surface area contributed by atoms with Crippen LogP contribution < -0.4 is 5.32 Å². The zero-order chi connectivity index (χ0) is 15.4. The Labute approximate surface area is 143 Å². The number of likely N-dealkylation sites (tertiary alicyclic amines) is 1. The van der Waals surface area contributed by atoms with Crippen LogP contribution in [0.15, 0.2) is 0 Å². The van der Waals surface area contributed by atoms with Crippen molar-refractivity contribution in [2.75, 3.05) is 26.7 Å². The van der Waals surface area contributed by atoms with Crippen molar-refractivity contribution in [2.45, 2.75) is 39.7 Å². The standard InChI is InChI=1S/C15H25ClN4O.ClH/c1-11-15(16)12(2)20(18-11)10-14(21)19-8-5-13(6-9-19)4-7-17-3;/h13,17H,4-10H2,1-3H3;1H. The summed E-state index contributed by atoms with van der Waals surface area (Å²) < 4.78 is 1.72. The fraction of sp³-hybridized carbons (Fsp3) is 0.733. The van der Waals surface area contributed by atoms with E-state index in [4.69, 9.17) is 11.6 Å². The highest BCUT2D eigenvalue weighted by atomic mass is 35.5. The van der Waals surface area contributed by atoms with Gasteiger partial charge >= 0.3 is 0 Å². The molecule has 0 spiro atoms. The summed E-state index contributed by atoms with van der Waals surface area (Å²) in [5.74, 6) is 0.883. The first-order valence-electron chi connectivity index (χ1n) is 7.64. The summed E-state index contributed by atoms with van der Waals surface area (Å²) in [6.07, 6.45) is 3.40. The highest BCUT2D eigenvalue weighted by molar-refractivity contribution is 6.31. The lowest BCUT2D eigenvalue weighted by molar-refractivity contribution is -0.133. The van der Waals surface area contributed by atoms with E-state index in [2.05, 4.69) is 10.4 Å². The Morgan fingerprint density at radius 2 is 2.00 bits per heavy atom. The number of carbonyl (C=O) groups is 1. The van der Waals surface area contributed by atoms with Gasteiger partial charge in [0.05, 0.1) is 16.4 Å². The minimum atomic E-state index is 0. The van der Waals surface area contributed by atoms with Crippen molar-refractivity contribution in [3.05, 3.63) is 16.4 Å². The van der Waals surface area contributed by atoms with Crippen molar-refractivity contribution in [3.8, 4) is 0 Å². The number of nitrogens with zero attached hydrogens (tertiary/aromatic N) is 3. The summed E-state index contributed by atoms with van der Waals surface area (Å²) in [7, 11) is 1.98. The third-order valence-electron chi connectivity index (χ3n) is 4.35. The summed E-state index contributed by atoms with van der Waals surface area (Å²) in [5, 5.41) is 8.18. The topological polar surface area (TPSA) is 50.2 Å². The number of aromatic nitrogens is 2. The molecule has 0 bridgehead atoms. The van der Waals surface area contributed by atoms with Crippen molar-refractivity contribution in [1.29, 1.82) is 0 Å². The molecule has 1 fully saturated rings. The van der Waals surface area contributed by atoms with E-state index in [-0.39, 0.29) is 18.3 Å². The number of aryl methyl sites for hydroxylation is 1. The summed E-state index contributed by atoms with van der Waals surface area (Å²) in [6, 6.07) is 0. The maximum atomic E-state index is 12.4. The van der Waals surface area contributed by atoms with Crippen LogP contribution in [0.1, 0.15) is 30.7 Å². The molecule has 2 rings (SSSR count). The van der Waals surface area contributed by atoms with Gasteiger partial charge in [0.2, 0.25) is 5.91 Å². The van der Waals surface area contributed by atoms with Crippen LogP contribution in [-0.2, 0) is 11.3 Å². The largest absolute Gasteiger partial charge is 0.341 e. The molecule has 0 atom stereocenters. The van der Waals surface area contributed by atoms with Crippen LogP contribution in [0.25, 0.3) is 0 Å². The van der Waals surface area contributed by atoms with Gasteiger partial charge in [-0.2, -0.15) is 5.10 Å². The summed E-state index contributed by atoms with van der Waals surface area (Å²) in [5.41, 5.74) is 1.65. The predicted octanol–water partition coefficient (Wildman–Crippen LogP) is 2.42. The number of nitrogens with one attached hydrogen (secondary N) is 1. The molecule has 0 radical (unpaired) electrons. The Balaban J connectivity index is 0.00000242. The van der Waals surface area contributed by atoms with E-state index < -0.39 is 0 Å². The second kappa shape index (κ2) is 8.75. The van der Waals surface area contributed by atoms with Crippen molar-refractivity contribution < 1.29 is 4.79 Å². The highest BCUT2D eigenvalue weighted by Gasteiger charge is 2.23. The van der Waals surface area contributed by atoms with Gasteiger partial charge in [-0.15, -0.1) is 12.4 Å². The number of carbonyl (C=O) groups excluding carboxylic acids is 1. The average Bonchev–Trinajstić information content (AvgIpc) is 2.73. The smallest absolute Gasteiger partial charge is 0.244 e. The molecular weight excluding hydrogens is 323 g/mol. The van der Waals surface area contributed by atoms with Crippen LogP contribution >= 0.6 is 24.0 Å². The van der Waals surface area contributed by atoms with Crippen LogP contribution in [0.2, 0.25) is 5.02 Å². The monoisotopic (exact) mass is 348 g/mol. The van der Waals surface area contributed by atoms with E-state index in [1.807, 2.05) is 25.8 Å². The van der Waals surface area contributed by atoms with Gasteiger partial charge in [0.15, 0.2) is 0 Å². The van der Waals surface area contributed by atoms with Gasteiger partial charge in [-0.3, -0.25) is 9.48 Å². The Morgan fingerprint density at radius 1 is 1.36 bits per heavy atom. The normalized spacial score (nSPS) is 15.7. The van der Waals surface area contributed by atoms with E-state index in [0.29, 0.717) is 11.6 Å². The summed E-state index contributed by atoms with van der Waals surface area (Å²) in [6.45, 7) is 6.84. The van der Waals surface area contributed by atoms with E-state index in [0.717, 1.165) is 49.8 Å². The van der Waals surface area contributed by atoms with Crippen LogP contribution in [0, 0.1) is 19.8 Å². The third kappa shape index (κ3) is 4.61. The second-order valence-corrected chi connectivity index (χ2v) is 6.24. The molecule has 1 N–H and O–H groups in total. The SMILES string of the molecule is CNCCC1CCN(C(=O)Cn2nc(C)c(Cl)c2C)CC1.Cl. The number of halogens is 2. The molecule has 1 saturated heterocycles. The van der Waals surface area contributed by atoms with Gasteiger partial charge in [-0.1, -0.05) is 11.6 Å². The zero-order valence-electron chi connectivity index (χ0n) is 13.6. The molecule has 0 unspecified atom stereocenters. The van der Waals surface area contributed by atoms with Crippen LogP contribution in [0.5, 0.6) is 0 Å². The Morgan fingerprint density at radius 3 is 2.50 bits per heavy atom. The molecule has 5 nitrogen and oxygen atoms in total. The molecule has 0 aliphatic carbocycles. The van der Waals surface area contributed by atoms with Gasteiger partial charge in [0, 0.05) is 13.1 Å². The first kappa shape index (κ1) is 19.3. The van der Waals surface area contributed by atoms with Gasteiger partial charge in [0.1, 0.15) is 6.54 Å². The Hall–Kier alpha value is -0.780. The molecule has 1 aromatic heterocycles. The van der Waals surface area contributed by atoms with Crippen molar-refractivity contribution in [1.82, 2.24) is 20.0 Å². The predicted molar refractivity (Wildman–Crippen MR) is 91.8 cm³/mol. The molecule has 7 heteroatoms. The molecule has 1 aromatic rings. The van der Waals surface area contributed by atoms with Crippen LogP contribution in [0.4, 0.5) is 0 Å². The molecule has 126 valence electrons. The summed E-state index contributed by atoms with van der Waals surface area (Å²) >= 11 is 6.12. The Bertz CT molecular complexity index is 496. The average molecular weight is 349 g/mol. The van der Waals surface area contributed by atoms with E-state index in [1.54, 1.807) is 4.68 Å². The lowest BCUT2D eigenvalue weighted by Crippen LogP contribution is -2.40. The molecular formula is C15H26Cl2N4O. The van der Waals surface area contributed by atoms with Crippen molar-refractivity contribution in [3.63, 3.8) is 0 Å². The van der Waals surface area contributed by atoms with E-state index in [1.165, 1.54) is 6.42 Å². The molecule has 0 saturated carbocycles. The lowest BCUT2D eigenvalue weighted by Gasteiger charge is -2.32. The molecule has 22 heavy (non-hydrogen) atoms. The van der Waals surface area contributed by atoms with Crippen molar-refractivity contribution in [2.24, 2.45) is 5.92 Å². The maximum absolute atomic E-state index is 12.4. The van der Waals surface area contributed by atoms with Crippen molar-refractivity contribution >= 4 is 29.9 Å². The minimum absolute atomic E-state index is 0. The molecule has 2 heterocycles. The third-order valence-corrected chi connectivity index (χ3v) is 4.90. The summed E-state index contributed by atoms with van der Waals surface area (Å²) in [4.78, 5) is 14.3. The fourth-order valence-electron chi connectivity index (χ4n) is 2.88. The van der Waals surface area contributed by atoms with E-state index in [9.17, 15) is 4.79 Å². The molecule has 1 amide bonds. The Kier molecular flexibility index (Phi) is 7.66. The van der Waals surface area contributed by atoms with Gasteiger partial charge in [-0.25, -0.2) is 0 Å². The molecule has 1 aliphatic rings. The molecule has 1 aliphatic heterocycles. The highest BCUT2D eigenvalue weighted by Crippen LogP contribution is 2.22. The number of rotatable bonds is 5. The van der Waals surface area contributed by atoms with Crippen LogP contribution in [0.3, 0.4) is 0 Å². The first-order chi connectivity index (χ1) is 10.0. The lowest BCUT2D eigenvalue weighted by atomic mass is 9.93. The van der Waals surface area contributed by atoms with Gasteiger partial charge in [-0.05, 0) is 52.6 Å². The van der Waals surface area contributed by atoms with Gasteiger partial charge < -0.3 is 10.2 Å². The van der Waals surface area contributed by atoms with Gasteiger partial charge in [0.25, 0.3) is 0 Å².